The number of carbonyl (C=O) groups is 1. The zero-order valence-corrected chi connectivity index (χ0v) is 10.6. The third-order valence-electron chi connectivity index (χ3n) is 2.03. The Morgan fingerprint density at radius 3 is 2.72 bits per heavy atom. The Morgan fingerprint density at radius 1 is 1.67 bits per heavy atom. The van der Waals surface area contributed by atoms with E-state index >= 15 is 0 Å². The van der Waals surface area contributed by atoms with Crippen molar-refractivity contribution in [3.8, 4) is 0 Å². The first kappa shape index (κ1) is 14.4. The van der Waals surface area contributed by atoms with Crippen molar-refractivity contribution in [3.05, 3.63) is 31.9 Å². The summed E-state index contributed by atoms with van der Waals surface area (Å²) < 4.78 is 29.9. The van der Waals surface area contributed by atoms with Crippen molar-refractivity contribution in [3.63, 3.8) is 0 Å². The summed E-state index contributed by atoms with van der Waals surface area (Å²) in [5, 5.41) is 10.5. The summed E-state index contributed by atoms with van der Waals surface area (Å²) in [6, 6.07) is 0.962. The van der Waals surface area contributed by atoms with Gasteiger partial charge in [-0.2, -0.15) is 0 Å². The predicted molar refractivity (Wildman–Crippen MR) is 59.3 cm³/mol. The van der Waals surface area contributed by atoms with Gasteiger partial charge in [-0.15, -0.1) is 0 Å². The second-order valence-electron chi connectivity index (χ2n) is 3.14. The van der Waals surface area contributed by atoms with E-state index < -0.39 is 35.3 Å². The minimum atomic E-state index is -3.03. The molecule has 0 aromatic carbocycles. The van der Waals surface area contributed by atoms with Crippen LogP contribution in [0.25, 0.3) is 0 Å². The highest BCUT2D eigenvalue weighted by atomic mass is 79.9. The molecule has 0 aliphatic rings. The first-order chi connectivity index (χ1) is 8.36. The van der Waals surface area contributed by atoms with Gasteiger partial charge in [-0.25, -0.2) is 8.78 Å². The van der Waals surface area contributed by atoms with Gasteiger partial charge < -0.3 is 14.9 Å². The number of esters is 1. The molecule has 0 atom stereocenters. The molecular weight excluding hydrogens is 318 g/mol. The zero-order chi connectivity index (χ0) is 13.9. The first-order valence-corrected chi connectivity index (χ1v) is 5.34. The smallest absolute Gasteiger partial charge is 0.365 e. The van der Waals surface area contributed by atoms with Crippen molar-refractivity contribution in [1.82, 2.24) is 4.98 Å². The van der Waals surface area contributed by atoms with Crippen LogP contribution in [0.15, 0.2) is 10.5 Å². The normalized spacial score (nSPS) is 10.5. The molecule has 9 heteroatoms. The summed E-state index contributed by atoms with van der Waals surface area (Å²) >= 11 is 2.91. The van der Waals surface area contributed by atoms with Crippen LogP contribution in [0.1, 0.15) is 17.7 Å². The highest BCUT2D eigenvalue weighted by Gasteiger charge is 2.27. The molecule has 0 amide bonds. The minimum Gasteiger partial charge on any atom is -0.469 e. The lowest BCUT2D eigenvalue weighted by Gasteiger charge is -2.06. The number of ether oxygens (including phenoxy) is 1. The van der Waals surface area contributed by atoms with Gasteiger partial charge in [-0.05, 0) is 9.91 Å². The maximum atomic E-state index is 12.7. The molecule has 1 rings (SSSR count). The van der Waals surface area contributed by atoms with Gasteiger partial charge in [0.15, 0.2) is 0 Å². The van der Waals surface area contributed by atoms with Crippen molar-refractivity contribution in [2.45, 2.75) is 12.8 Å². The van der Waals surface area contributed by atoms with E-state index in [2.05, 4.69) is 25.7 Å². The molecule has 0 radical (unpaired) electrons. The zero-order valence-electron chi connectivity index (χ0n) is 9.02. The lowest BCUT2D eigenvalue weighted by Crippen LogP contribution is -2.10. The van der Waals surface area contributed by atoms with Gasteiger partial charge >= 0.3 is 18.2 Å². The Balaban J connectivity index is 3.31. The average molecular weight is 325 g/mol. The highest BCUT2D eigenvalue weighted by molar-refractivity contribution is 9.10. The predicted octanol–water partition coefficient (Wildman–Crippen LogP) is 2.41. The summed E-state index contributed by atoms with van der Waals surface area (Å²) in [6.07, 6.45) is -3.47. The summed E-state index contributed by atoms with van der Waals surface area (Å²) in [7, 11) is 1.11. The molecule has 0 aliphatic heterocycles. The van der Waals surface area contributed by atoms with E-state index in [-0.39, 0.29) is 10.0 Å². The number of nitro groups is 1. The second kappa shape index (κ2) is 5.80. The van der Waals surface area contributed by atoms with E-state index in [9.17, 15) is 23.7 Å². The maximum absolute atomic E-state index is 12.7. The third-order valence-corrected chi connectivity index (χ3v) is 2.74. The van der Waals surface area contributed by atoms with E-state index in [0.29, 0.717) is 0 Å². The van der Waals surface area contributed by atoms with Crippen molar-refractivity contribution >= 4 is 27.7 Å². The number of rotatable bonds is 4. The molecule has 0 N–H and O–H groups in total. The van der Waals surface area contributed by atoms with Crippen molar-refractivity contribution in [2.75, 3.05) is 7.11 Å². The quantitative estimate of drug-likeness (QED) is 0.482. The average Bonchev–Trinajstić information content (AvgIpc) is 2.30. The van der Waals surface area contributed by atoms with Crippen LogP contribution in [-0.4, -0.2) is 23.0 Å². The van der Waals surface area contributed by atoms with Gasteiger partial charge in [0, 0.05) is 10.0 Å². The van der Waals surface area contributed by atoms with Crippen molar-refractivity contribution in [2.24, 2.45) is 0 Å². The van der Waals surface area contributed by atoms with Crippen LogP contribution in [0.2, 0.25) is 0 Å². The number of alkyl halides is 2. The summed E-state index contributed by atoms with van der Waals surface area (Å²) in [5.74, 6) is -1.46. The first-order valence-electron chi connectivity index (χ1n) is 4.55. The number of hydrogen-bond donors (Lipinski definition) is 0. The fourth-order valence-corrected chi connectivity index (χ4v) is 1.76. The van der Waals surface area contributed by atoms with E-state index in [1.54, 1.807) is 0 Å². The number of methoxy groups -OCH3 is 1. The van der Waals surface area contributed by atoms with Gasteiger partial charge in [0.1, 0.15) is 0 Å². The molecule has 0 bridgehead atoms. The molecule has 1 heterocycles. The molecule has 0 aliphatic carbocycles. The number of halogens is 3. The molecule has 0 spiro atoms. The van der Waals surface area contributed by atoms with E-state index in [0.717, 1.165) is 13.2 Å². The molecule has 0 unspecified atom stereocenters. The van der Waals surface area contributed by atoms with Gasteiger partial charge in [0.05, 0.1) is 19.6 Å². The van der Waals surface area contributed by atoms with Crippen molar-refractivity contribution < 1.29 is 23.2 Å². The van der Waals surface area contributed by atoms with Crippen LogP contribution in [0.4, 0.5) is 14.6 Å². The van der Waals surface area contributed by atoms with Crippen molar-refractivity contribution in [1.29, 1.82) is 0 Å². The van der Waals surface area contributed by atoms with Gasteiger partial charge in [0.2, 0.25) is 5.69 Å². The van der Waals surface area contributed by atoms with Gasteiger partial charge in [-0.1, -0.05) is 15.9 Å². The van der Waals surface area contributed by atoms with Crippen LogP contribution in [0.5, 0.6) is 0 Å². The Hall–Kier alpha value is -1.64. The lowest BCUT2D eigenvalue weighted by molar-refractivity contribution is -0.389. The number of aromatic nitrogens is 1. The summed E-state index contributed by atoms with van der Waals surface area (Å²) in [6.45, 7) is 0. The SMILES string of the molecule is COC(=O)Cc1c(Br)cc([N+](=O)[O-])nc1C(F)F. The van der Waals surface area contributed by atoms with Crippen LogP contribution < -0.4 is 0 Å². The highest BCUT2D eigenvalue weighted by Crippen LogP contribution is 2.30. The van der Waals surface area contributed by atoms with Crippen LogP contribution in [-0.2, 0) is 16.0 Å². The second-order valence-corrected chi connectivity index (χ2v) is 3.99. The van der Waals surface area contributed by atoms with Crippen LogP contribution in [0, 0.1) is 10.1 Å². The van der Waals surface area contributed by atoms with E-state index in [1.807, 2.05) is 0 Å². The van der Waals surface area contributed by atoms with E-state index in [4.69, 9.17) is 0 Å². The summed E-state index contributed by atoms with van der Waals surface area (Å²) in [4.78, 5) is 23.9. The molecule has 98 valence electrons. The lowest BCUT2D eigenvalue weighted by atomic mass is 10.1. The number of pyridine rings is 1. The molecule has 18 heavy (non-hydrogen) atoms. The standard InChI is InChI=1S/C9H7BrF2N2O4/c1-18-7(15)2-4-5(10)3-6(14(16)17)13-8(4)9(11)12/h3,9H,2H2,1H3. The van der Waals surface area contributed by atoms with E-state index in [1.165, 1.54) is 0 Å². The molecule has 0 fully saturated rings. The Labute approximate surface area is 108 Å². The Morgan fingerprint density at radius 2 is 2.28 bits per heavy atom. The fraction of sp³-hybridized carbons (Fsp3) is 0.333. The third kappa shape index (κ3) is 3.19. The van der Waals surface area contributed by atoms with Crippen LogP contribution in [0.3, 0.4) is 0 Å². The fourth-order valence-electron chi connectivity index (χ4n) is 1.21. The van der Waals surface area contributed by atoms with Gasteiger partial charge in [0.25, 0.3) is 0 Å². The maximum Gasteiger partial charge on any atom is 0.365 e. The molecule has 0 saturated carbocycles. The molecular formula is C9H7BrF2N2O4. The Kier molecular flexibility index (Phi) is 4.65. The molecule has 1 aromatic heterocycles. The largest absolute Gasteiger partial charge is 0.469 e. The number of hydrogen-bond acceptors (Lipinski definition) is 5. The Bertz CT molecular complexity index is 496. The van der Waals surface area contributed by atoms with Crippen LogP contribution >= 0.6 is 15.9 Å². The summed E-state index contributed by atoms with van der Waals surface area (Å²) in [5.41, 5.74) is -0.927. The topological polar surface area (TPSA) is 82.3 Å². The number of carbonyl (C=O) groups excluding carboxylic acids is 1. The monoisotopic (exact) mass is 324 g/mol. The molecule has 6 nitrogen and oxygen atoms in total. The minimum absolute atomic E-state index is 0.0184. The molecule has 0 saturated heterocycles. The number of nitrogens with zero attached hydrogens (tertiary/aromatic N) is 2. The van der Waals surface area contributed by atoms with Gasteiger partial charge in [-0.3, -0.25) is 4.79 Å². The molecule has 1 aromatic rings.